The lowest BCUT2D eigenvalue weighted by atomic mass is 10.1. The van der Waals surface area contributed by atoms with Crippen molar-refractivity contribution in [1.82, 2.24) is 15.3 Å². The predicted octanol–water partition coefficient (Wildman–Crippen LogP) is 2.47. The van der Waals surface area contributed by atoms with E-state index >= 15 is 0 Å². The minimum Gasteiger partial charge on any atom is -0.381 e. The van der Waals surface area contributed by atoms with Crippen molar-refractivity contribution < 1.29 is 24.1 Å². The molecule has 2 aromatic heterocycles. The molecule has 174 valence electrons. The first kappa shape index (κ1) is 24.3. The smallest absolute Gasteiger partial charge is 0.256 e. The van der Waals surface area contributed by atoms with E-state index in [2.05, 4.69) is 32.7 Å². The van der Waals surface area contributed by atoms with Crippen LogP contribution in [0.4, 0.5) is 10.2 Å². The summed E-state index contributed by atoms with van der Waals surface area (Å²) in [6.07, 6.45) is 5.12. The predicted molar refractivity (Wildman–Crippen MR) is 118 cm³/mol. The first-order valence-electron chi connectivity index (χ1n) is 10.7. The van der Waals surface area contributed by atoms with E-state index in [1.165, 1.54) is 5.56 Å². The number of aliphatic hydroxyl groups is 2. The number of hydrogen-bond donors (Lipinski definition) is 4. The summed E-state index contributed by atoms with van der Waals surface area (Å²) >= 11 is 5.82. The quantitative estimate of drug-likeness (QED) is 0.297. The number of pyridine rings is 2. The van der Waals surface area contributed by atoms with Gasteiger partial charge in [-0.05, 0) is 50.2 Å². The fourth-order valence-electron chi connectivity index (χ4n) is 3.50. The molecule has 10 heteroatoms. The van der Waals surface area contributed by atoms with E-state index in [-0.39, 0.29) is 23.6 Å². The SMILES string of the molecule is O=C(N[C@H](CCOCCCCc1ccc2c(n1)NCCC2)C(O)O)c1c(F)cncc1Cl. The number of hydrogen-bond acceptors (Lipinski definition) is 7. The van der Waals surface area contributed by atoms with Gasteiger partial charge in [-0.15, -0.1) is 0 Å². The Bertz CT molecular complexity index is 895. The molecule has 0 unspecified atom stereocenters. The van der Waals surface area contributed by atoms with Crippen LogP contribution in [0.1, 0.15) is 47.3 Å². The lowest BCUT2D eigenvalue weighted by Gasteiger charge is -2.21. The molecule has 0 saturated heterocycles. The molecular formula is C22H28ClFN4O4. The van der Waals surface area contributed by atoms with E-state index in [0.717, 1.165) is 62.6 Å². The fraction of sp³-hybridized carbons (Fsp3) is 0.500. The summed E-state index contributed by atoms with van der Waals surface area (Å²) < 4.78 is 19.4. The Balaban J connectivity index is 1.35. The third kappa shape index (κ3) is 6.83. The number of amides is 1. The number of aliphatic hydroxyl groups excluding tert-OH is 1. The van der Waals surface area contributed by atoms with E-state index in [0.29, 0.717) is 6.61 Å². The van der Waals surface area contributed by atoms with Crippen LogP contribution >= 0.6 is 11.6 Å². The van der Waals surface area contributed by atoms with Crippen LogP contribution in [0.2, 0.25) is 5.02 Å². The molecule has 0 saturated carbocycles. The molecular weight excluding hydrogens is 439 g/mol. The Morgan fingerprint density at radius 2 is 2.12 bits per heavy atom. The van der Waals surface area contributed by atoms with Crippen LogP contribution in [0.5, 0.6) is 0 Å². The van der Waals surface area contributed by atoms with Gasteiger partial charge in [-0.3, -0.25) is 9.78 Å². The minimum absolute atomic E-state index is 0.145. The van der Waals surface area contributed by atoms with Crippen LogP contribution in [0.3, 0.4) is 0 Å². The lowest BCUT2D eigenvalue weighted by Crippen LogP contribution is -2.44. The van der Waals surface area contributed by atoms with Crippen LogP contribution in [-0.4, -0.2) is 58.2 Å². The number of nitrogens with one attached hydrogen (secondary N) is 2. The molecule has 0 aliphatic carbocycles. The van der Waals surface area contributed by atoms with Crippen LogP contribution in [0.15, 0.2) is 24.5 Å². The van der Waals surface area contributed by atoms with Gasteiger partial charge in [-0.1, -0.05) is 17.7 Å². The number of aromatic nitrogens is 2. The Kier molecular flexibility index (Phi) is 9.16. The van der Waals surface area contributed by atoms with Gasteiger partial charge >= 0.3 is 0 Å². The molecule has 1 atom stereocenters. The standard InChI is InChI=1S/C22H28ClFN4O4/c23-16-12-25-13-17(24)19(16)21(29)28-18(22(30)31)8-11-32-10-2-1-5-15-7-6-14-4-3-9-26-20(14)27-15/h6-7,12-13,18,22,30-31H,1-5,8-11H2,(H,26,27)(H,28,29)/t18-/m1/s1. The molecule has 1 amide bonds. The summed E-state index contributed by atoms with van der Waals surface area (Å²) in [6.45, 7) is 1.66. The van der Waals surface area contributed by atoms with Gasteiger partial charge in [0.15, 0.2) is 12.1 Å². The van der Waals surface area contributed by atoms with E-state index in [1.807, 2.05) is 0 Å². The van der Waals surface area contributed by atoms with Gasteiger partial charge in [-0.2, -0.15) is 0 Å². The van der Waals surface area contributed by atoms with Crippen LogP contribution in [0.25, 0.3) is 0 Å². The normalized spacial score (nSPS) is 14.0. The topological polar surface area (TPSA) is 117 Å². The highest BCUT2D eigenvalue weighted by Crippen LogP contribution is 2.20. The number of halogens is 2. The second-order valence-corrected chi connectivity index (χ2v) is 8.08. The third-order valence-electron chi connectivity index (χ3n) is 5.25. The molecule has 2 aromatic rings. The number of fused-ring (bicyclic) bond motifs is 1. The molecule has 0 aromatic carbocycles. The second-order valence-electron chi connectivity index (χ2n) is 7.67. The second kappa shape index (κ2) is 12.1. The zero-order valence-corrected chi connectivity index (χ0v) is 18.4. The highest BCUT2D eigenvalue weighted by atomic mass is 35.5. The first-order chi connectivity index (χ1) is 15.5. The molecule has 8 nitrogen and oxygen atoms in total. The van der Waals surface area contributed by atoms with Gasteiger partial charge in [0.2, 0.25) is 0 Å². The highest BCUT2D eigenvalue weighted by molar-refractivity contribution is 6.33. The summed E-state index contributed by atoms with van der Waals surface area (Å²) in [5.41, 5.74) is 1.93. The number of nitrogens with zero attached hydrogens (tertiary/aromatic N) is 2. The van der Waals surface area contributed by atoms with Gasteiger partial charge in [0.05, 0.1) is 22.8 Å². The van der Waals surface area contributed by atoms with Crippen LogP contribution < -0.4 is 10.6 Å². The van der Waals surface area contributed by atoms with E-state index < -0.39 is 24.1 Å². The number of carbonyl (C=O) groups is 1. The Morgan fingerprint density at radius 3 is 2.91 bits per heavy atom. The van der Waals surface area contributed by atoms with Gasteiger partial charge < -0.3 is 25.6 Å². The average Bonchev–Trinajstić information content (AvgIpc) is 2.77. The third-order valence-corrected chi connectivity index (χ3v) is 5.54. The molecule has 0 fully saturated rings. The van der Waals surface area contributed by atoms with Crippen molar-refractivity contribution in [1.29, 1.82) is 0 Å². The lowest BCUT2D eigenvalue weighted by molar-refractivity contribution is -0.0712. The van der Waals surface area contributed by atoms with Crippen molar-refractivity contribution in [3.8, 4) is 0 Å². The van der Waals surface area contributed by atoms with Gasteiger partial charge in [0.1, 0.15) is 5.82 Å². The molecule has 1 aliphatic rings. The Labute approximate surface area is 191 Å². The molecule has 0 radical (unpaired) electrons. The number of ether oxygens (including phenoxy) is 1. The molecule has 0 bridgehead atoms. The van der Waals surface area contributed by atoms with Gasteiger partial charge in [0.25, 0.3) is 5.91 Å². The summed E-state index contributed by atoms with van der Waals surface area (Å²) in [4.78, 5) is 20.5. The monoisotopic (exact) mass is 466 g/mol. The van der Waals surface area contributed by atoms with Gasteiger partial charge in [0, 0.05) is 31.6 Å². The molecule has 3 rings (SSSR count). The maximum atomic E-state index is 13.8. The summed E-state index contributed by atoms with van der Waals surface area (Å²) in [5, 5.41) is 24.6. The van der Waals surface area contributed by atoms with E-state index in [1.54, 1.807) is 0 Å². The van der Waals surface area contributed by atoms with Crippen LogP contribution in [-0.2, 0) is 17.6 Å². The van der Waals surface area contributed by atoms with E-state index in [4.69, 9.17) is 16.3 Å². The summed E-state index contributed by atoms with van der Waals surface area (Å²) in [7, 11) is 0. The number of unbranched alkanes of at least 4 members (excludes halogenated alkanes) is 1. The van der Waals surface area contributed by atoms with Crippen molar-refractivity contribution in [3.05, 3.63) is 52.2 Å². The number of anilines is 1. The van der Waals surface area contributed by atoms with Crippen molar-refractivity contribution in [3.63, 3.8) is 0 Å². The Morgan fingerprint density at radius 1 is 1.28 bits per heavy atom. The molecule has 32 heavy (non-hydrogen) atoms. The average molecular weight is 467 g/mol. The zero-order chi connectivity index (χ0) is 22.9. The molecule has 1 aliphatic heterocycles. The maximum Gasteiger partial charge on any atom is 0.256 e. The van der Waals surface area contributed by atoms with E-state index in [9.17, 15) is 19.4 Å². The minimum atomic E-state index is -1.82. The van der Waals surface area contributed by atoms with Crippen molar-refractivity contribution in [2.75, 3.05) is 25.1 Å². The summed E-state index contributed by atoms with van der Waals surface area (Å²) in [6, 6.07) is 3.18. The highest BCUT2D eigenvalue weighted by Gasteiger charge is 2.23. The molecule has 0 spiro atoms. The number of aryl methyl sites for hydroxylation is 2. The van der Waals surface area contributed by atoms with Gasteiger partial charge in [-0.25, -0.2) is 9.37 Å². The van der Waals surface area contributed by atoms with Crippen molar-refractivity contribution >= 4 is 23.3 Å². The zero-order valence-electron chi connectivity index (χ0n) is 17.7. The van der Waals surface area contributed by atoms with Crippen molar-refractivity contribution in [2.45, 2.75) is 50.9 Å². The maximum absolute atomic E-state index is 13.8. The molecule has 4 N–H and O–H groups in total. The Hall–Kier alpha value is -2.33. The summed E-state index contributed by atoms with van der Waals surface area (Å²) in [5.74, 6) is -0.741. The largest absolute Gasteiger partial charge is 0.381 e. The first-order valence-corrected chi connectivity index (χ1v) is 11.1. The van der Waals surface area contributed by atoms with Crippen molar-refractivity contribution in [2.24, 2.45) is 0 Å². The molecule has 3 heterocycles. The fourth-order valence-corrected chi connectivity index (χ4v) is 3.73. The number of carbonyl (C=O) groups excluding carboxylic acids is 1. The number of rotatable bonds is 11. The van der Waals surface area contributed by atoms with Crippen LogP contribution in [0, 0.1) is 5.82 Å².